The van der Waals surface area contributed by atoms with Crippen molar-refractivity contribution >= 4 is 5.78 Å². The number of ketones is 1. The summed E-state index contributed by atoms with van der Waals surface area (Å²) in [6, 6.07) is 0. The van der Waals surface area contributed by atoms with Crippen molar-refractivity contribution in [3.05, 3.63) is 0 Å². The van der Waals surface area contributed by atoms with Crippen molar-refractivity contribution in [2.24, 2.45) is 11.8 Å². The summed E-state index contributed by atoms with van der Waals surface area (Å²) in [4.78, 5) is 14.1. The van der Waals surface area contributed by atoms with Crippen molar-refractivity contribution in [1.29, 1.82) is 0 Å². The van der Waals surface area contributed by atoms with E-state index in [-0.39, 0.29) is 0 Å². The molecular formula is C26H51NO2. The molecule has 1 saturated heterocycles. The number of carbonyl (C=O) groups excluding carboxylic acids is 1. The molecule has 1 aliphatic heterocycles. The number of hydrogen-bond donors (Lipinski definition) is 0. The van der Waals surface area contributed by atoms with E-state index in [2.05, 4.69) is 23.7 Å². The summed E-state index contributed by atoms with van der Waals surface area (Å²) < 4.78 is 5.94. The van der Waals surface area contributed by atoms with Gasteiger partial charge in [0.05, 0.1) is 12.7 Å². The van der Waals surface area contributed by atoms with Crippen LogP contribution in [-0.2, 0) is 9.53 Å². The predicted octanol–water partition coefficient (Wildman–Crippen LogP) is 6.74. The second kappa shape index (κ2) is 21.8. The molecule has 2 rings (SSSR count). The zero-order chi connectivity index (χ0) is 22.5. The summed E-state index contributed by atoms with van der Waals surface area (Å²) in [7, 11) is 0. The van der Waals surface area contributed by atoms with Crippen LogP contribution in [0.1, 0.15) is 107 Å². The molecule has 3 nitrogen and oxygen atoms in total. The third kappa shape index (κ3) is 14.7. The second-order valence-corrected chi connectivity index (χ2v) is 7.16. The number of piperidine rings is 1. The maximum atomic E-state index is 11.4. The summed E-state index contributed by atoms with van der Waals surface area (Å²) in [6.45, 7) is 20.2. The fourth-order valence-electron chi connectivity index (χ4n) is 3.87. The number of ether oxygens (including phenoxy) is 1. The number of hydrogen-bond acceptors (Lipinski definition) is 3. The van der Waals surface area contributed by atoms with Crippen LogP contribution in [0.2, 0.25) is 0 Å². The molecule has 0 unspecified atom stereocenters. The van der Waals surface area contributed by atoms with Gasteiger partial charge in [0.1, 0.15) is 5.78 Å². The third-order valence-electron chi connectivity index (χ3n) is 5.36. The Morgan fingerprint density at radius 3 is 1.93 bits per heavy atom. The van der Waals surface area contributed by atoms with Crippen LogP contribution in [0.5, 0.6) is 0 Å². The van der Waals surface area contributed by atoms with Crippen LogP contribution in [0.25, 0.3) is 0 Å². The maximum absolute atomic E-state index is 11.4. The number of likely N-dealkylation sites (tertiary alicyclic amines) is 1. The minimum Gasteiger partial charge on any atom is -0.377 e. The van der Waals surface area contributed by atoms with Crippen molar-refractivity contribution in [1.82, 2.24) is 4.90 Å². The molecule has 2 fully saturated rings. The molecule has 172 valence electrons. The summed E-state index contributed by atoms with van der Waals surface area (Å²) >= 11 is 0. The lowest BCUT2D eigenvalue weighted by molar-refractivity contribution is -0.121. The molecule has 1 aliphatic carbocycles. The Bertz CT molecular complexity index is 408. The van der Waals surface area contributed by atoms with E-state index in [1.54, 1.807) is 6.92 Å². The molecule has 2 aliphatic rings. The van der Waals surface area contributed by atoms with Gasteiger partial charge in [-0.2, -0.15) is 0 Å². The van der Waals surface area contributed by atoms with Crippen molar-refractivity contribution in [3.8, 4) is 11.8 Å². The Labute approximate surface area is 183 Å². The Balaban J connectivity index is 0. The van der Waals surface area contributed by atoms with Gasteiger partial charge >= 0.3 is 0 Å². The van der Waals surface area contributed by atoms with Gasteiger partial charge < -0.3 is 9.64 Å². The molecule has 0 aromatic heterocycles. The van der Waals surface area contributed by atoms with Gasteiger partial charge in [0.2, 0.25) is 0 Å². The van der Waals surface area contributed by atoms with Gasteiger partial charge in [-0.3, -0.25) is 4.79 Å². The summed E-state index contributed by atoms with van der Waals surface area (Å²) in [5.74, 6) is 7.77. The maximum Gasteiger partial charge on any atom is 0.132 e. The van der Waals surface area contributed by atoms with E-state index in [4.69, 9.17) is 4.74 Å². The average Bonchev–Trinajstić information content (AvgIpc) is 2.79. The van der Waals surface area contributed by atoms with Crippen molar-refractivity contribution in [2.75, 3.05) is 26.2 Å². The zero-order valence-electron chi connectivity index (χ0n) is 21.0. The summed E-state index contributed by atoms with van der Waals surface area (Å²) in [5, 5.41) is 0. The van der Waals surface area contributed by atoms with Crippen LogP contribution in [0.4, 0.5) is 0 Å². The zero-order valence-corrected chi connectivity index (χ0v) is 21.0. The monoisotopic (exact) mass is 409 g/mol. The first-order chi connectivity index (χ1) is 14.2. The largest absolute Gasteiger partial charge is 0.377 e. The topological polar surface area (TPSA) is 29.5 Å². The first-order valence-electron chi connectivity index (χ1n) is 12.5. The van der Waals surface area contributed by atoms with Crippen LogP contribution >= 0.6 is 0 Å². The molecule has 0 bridgehead atoms. The smallest absolute Gasteiger partial charge is 0.132 e. The third-order valence-corrected chi connectivity index (χ3v) is 5.36. The molecule has 0 aromatic carbocycles. The highest BCUT2D eigenvalue weighted by molar-refractivity contribution is 5.78. The number of rotatable bonds is 6. The minimum atomic E-state index is 0.348. The highest BCUT2D eigenvalue weighted by Gasteiger charge is 2.27. The number of nitrogens with zero attached hydrogens (tertiary/aromatic N) is 1. The van der Waals surface area contributed by atoms with Crippen molar-refractivity contribution < 1.29 is 9.53 Å². The number of carbonyl (C=O) groups is 1. The molecule has 0 N–H and O–H groups in total. The Morgan fingerprint density at radius 2 is 1.45 bits per heavy atom. The second-order valence-electron chi connectivity index (χ2n) is 7.16. The van der Waals surface area contributed by atoms with Gasteiger partial charge in [-0.15, -0.1) is 11.8 Å². The molecule has 1 saturated carbocycles. The molecule has 0 amide bonds. The van der Waals surface area contributed by atoms with Gasteiger partial charge in [0, 0.05) is 38.4 Å². The lowest BCUT2D eigenvalue weighted by Gasteiger charge is -2.36. The fraction of sp³-hybridized carbons (Fsp3) is 0.885. The highest BCUT2D eigenvalue weighted by Crippen LogP contribution is 2.30. The first kappa shape index (κ1) is 30.3. The van der Waals surface area contributed by atoms with Crippen molar-refractivity contribution in [3.63, 3.8) is 0 Å². The lowest BCUT2D eigenvalue weighted by Crippen LogP contribution is -2.40. The molecule has 0 atom stereocenters. The van der Waals surface area contributed by atoms with E-state index in [0.29, 0.717) is 17.8 Å². The Hall–Kier alpha value is -0.850. The highest BCUT2D eigenvalue weighted by atomic mass is 16.5. The van der Waals surface area contributed by atoms with Crippen LogP contribution < -0.4 is 0 Å². The van der Waals surface area contributed by atoms with Gasteiger partial charge in [-0.1, -0.05) is 48.5 Å². The van der Waals surface area contributed by atoms with Gasteiger partial charge in [-0.05, 0) is 51.4 Å². The normalized spacial score (nSPS) is 21.7. The fourth-order valence-corrected chi connectivity index (χ4v) is 3.87. The predicted molar refractivity (Wildman–Crippen MR) is 128 cm³/mol. The van der Waals surface area contributed by atoms with E-state index >= 15 is 0 Å². The molecular weight excluding hydrogens is 358 g/mol. The Kier molecular flexibility index (Phi) is 22.9. The first-order valence-corrected chi connectivity index (χ1v) is 12.5. The average molecular weight is 410 g/mol. The van der Waals surface area contributed by atoms with E-state index < -0.39 is 0 Å². The Morgan fingerprint density at radius 1 is 0.897 bits per heavy atom. The molecule has 1 heterocycles. The van der Waals surface area contributed by atoms with E-state index in [1.807, 2.05) is 41.5 Å². The van der Waals surface area contributed by atoms with Crippen LogP contribution in [0.15, 0.2) is 0 Å². The summed E-state index contributed by atoms with van der Waals surface area (Å²) in [6.07, 6.45) is 9.24. The van der Waals surface area contributed by atoms with Gasteiger partial charge in [-0.25, -0.2) is 0 Å². The summed E-state index contributed by atoms with van der Waals surface area (Å²) in [5.41, 5.74) is 0. The van der Waals surface area contributed by atoms with Crippen LogP contribution in [0.3, 0.4) is 0 Å². The van der Waals surface area contributed by atoms with Crippen LogP contribution in [-0.4, -0.2) is 43.0 Å². The molecule has 3 heteroatoms. The van der Waals surface area contributed by atoms with E-state index in [0.717, 1.165) is 64.1 Å². The molecule has 0 radical (unpaired) electrons. The van der Waals surface area contributed by atoms with E-state index in [1.165, 1.54) is 19.4 Å². The quantitative estimate of drug-likeness (QED) is 0.359. The van der Waals surface area contributed by atoms with Gasteiger partial charge in [0.25, 0.3) is 0 Å². The van der Waals surface area contributed by atoms with Crippen LogP contribution in [0, 0.1) is 23.7 Å². The van der Waals surface area contributed by atoms with Crippen molar-refractivity contribution in [2.45, 2.75) is 113 Å². The SMILES string of the molecule is CC.CC.CC.CCC#CCCOC1CCN(CC2CCC(C(C)=O)CC2)CC1. The van der Waals surface area contributed by atoms with Gasteiger partial charge in [0.15, 0.2) is 0 Å². The number of Topliss-reactive ketones (excluding diaryl/α,β-unsaturated/α-hetero) is 1. The standard InChI is InChI=1S/C20H33NO2.3C2H6/c1-3-4-5-6-15-23-20-11-13-21(14-12-20)16-18-7-9-19(10-8-18)17(2)22;3*1-2/h18-20H,3,6-16H2,1-2H3;3*1-2H3. The molecule has 29 heavy (non-hydrogen) atoms. The van der Waals surface area contributed by atoms with E-state index in [9.17, 15) is 4.79 Å². The lowest BCUT2D eigenvalue weighted by atomic mass is 9.80. The molecule has 0 spiro atoms. The minimum absolute atomic E-state index is 0.348. The molecule has 0 aromatic rings.